The van der Waals surface area contributed by atoms with Gasteiger partial charge >= 0.3 is 5.97 Å². The Morgan fingerprint density at radius 2 is 2.20 bits per heavy atom. The van der Waals surface area contributed by atoms with Gasteiger partial charge in [0, 0.05) is 6.42 Å². The zero-order valence-electron chi connectivity index (χ0n) is 9.20. The van der Waals surface area contributed by atoms with E-state index < -0.39 is 5.97 Å². The lowest BCUT2D eigenvalue weighted by Gasteiger charge is -1.84. The van der Waals surface area contributed by atoms with Crippen LogP contribution in [0.1, 0.15) is 39.0 Å². The van der Waals surface area contributed by atoms with Crippen LogP contribution in [-0.4, -0.2) is 11.1 Å². The van der Waals surface area contributed by atoms with E-state index in [0.29, 0.717) is 6.42 Å². The molecule has 15 heavy (non-hydrogen) atoms. The molecule has 0 bridgehead atoms. The highest BCUT2D eigenvalue weighted by Crippen LogP contribution is 1.94. The summed E-state index contributed by atoms with van der Waals surface area (Å²) in [5.41, 5.74) is 0. The number of aliphatic carboxylic acids is 1. The number of hydrogen-bond acceptors (Lipinski definition) is 1. The minimum absolute atomic E-state index is 0.118. The lowest BCUT2D eigenvalue weighted by atomic mass is 10.2. The highest BCUT2D eigenvalue weighted by molar-refractivity contribution is 5.67. The number of carboxylic acids is 1. The second-order valence-electron chi connectivity index (χ2n) is 3.14. The summed E-state index contributed by atoms with van der Waals surface area (Å²) in [5, 5.41) is 8.34. The van der Waals surface area contributed by atoms with Crippen molar-refractivity contribution in [2.24, 2.45) is 0 Å². The highest BCUT2D eigenvalue weighted by Gasteiger charge is 1.90. The molecule has 0 radical (unpaired) electrons. The molecule has 0 heterocycles. The van der Waals surface area contributed by atoms with Crippen molar-refractivity contribution >= 4 is 5.97 Å². The Hall–Kier alpha value is -1.49. The van der Waals surface area contributed by atoms with Gasteiger partial charge in [-0.25, -0.2) is 0 Å². The fraction of sp³-hybridized carbons (Fsp3) is 0.462. The standard InChI is InChI=1S/C13H18O2/c1-2-3-4-5-6-7-8-9-10-11-12-13(14)15/h5-8H,2-4,11-12H2,1H3,(H,14,15)/b6-5+,8-7-. The fourth-order valence-corrected chi connectivity index (χ4v) is 0.901. The van der Waals surface area contributed by atoms with Gasteiger partial charge in [-0.15, -0.1) is 0 Å². The van der Waals surface area contributed by atoms with Gasteiger partial charge in [0.15, 0.2) is 0 Å². The molecule has 2 nitrogen and oxygen atoms in total. The van der Waals surface area contributed by atoms with Crippen LogP contribution in [0.2, 0.25) is 0 Å². The molecule has 0 aliphatic rings. The molecule has 0 fully saturated rings. The second kappa shape index (κ2) is 10.6. The van der Waals surface area contributed by atoms with Crippen molar-refractivity contribution < 1.29 is 9.90 Å². The molecular weight excluding hydrogens is 188 g/mol. The first-order chi connectivity index (χ1) is 7.27. The number of rotatable bonds is 6. The molecule has 0 atom stereocenters. The maximum atomic E-state index is 10.1. The van der Waals surface area contributed by atoms with E-state index in [9.17, 15) is 4.79 Å². The summed E-state index contributed by atoms with van der Waals surface area (Å²) in [6, 6.07) is 0. The van der Waals surface area contributed by atoms with Crippen molar-refractivity contribution in [3.63, 3.8) is 0 Å². The lowest BCUT2D eigenvalue weighted by molar-refractivity contribution is -0.136. The zero-order valence-corrected chi connectivity index (χ0v) is 9.20. The van der Waals surface area contributed by atoms with Crippen molar-refractivity contribution in [3.05, 3.63) is 24.3 Å². The summed E-state index contributed by atoms with van der Waals surface area (Å²) in [4.78, 5) is 10.1. The molecule has 0 aliphatic heterocycles. The molecule has 0 rings (SSSR count). The number of unbranched alkanes of at least 4 members (excludes halogenated alkanes) is 2. The molecule has 0 aliphatic carbocycles. The van der Waals surface area contributed by atoms with E-state index >= 15 is 0 Å². The third-order valence-electron chi connectivity index (χ3n) is 1.72. The minimum Gasteiger partial charge on any atom is -0.481 e. The average Bonchev–Trinajstić information content (AvgIpc) is 2.20. The zero-order chi connectivity index (χ0) is 11.4. The van der Waals surface area contributed by atoms with E-state index in [1.165, 1.54) is 12.8 Å². The average molecular weight is 206 g/mol. The van der Waals surface area contributed by atoms with Gasteiger partial charge in [-0.2, -0.15) is 0 Å². The number of allylic oxidation sites excluding steroid dienone is 4. The molecule has 0 amide bonds. The third-order valence-corrected chi connectivity index (χ3v) is 1.72. The Kier molecular flexibility index (Phi) is 9.54. The lowest BCUT2D eigenvalue weighted by Crippen LogP contribution is -1.91. The van der Waals surface area contributed by atoms with E-state index in [1.54, 1.807) is 6.08 Å². The van der Waals surface area contributed by atoms with E-state index in [-0.39, 0.29) is 6.42 Å². The Balaban J connectivity index is 3.51. The van der Waals surface area contributed by atoms with Crippen molar-refractivity contribution in [3.8, 4) is 11.8 Å². The van der Waals surface area contributed by atoms with Crippen LogP contribution in [0.25, 0.3) is 0 Å². The van der Waals surface area contributed by atoms with Gasteiger partial charge < -0.3 is 5.11 Å². The molecule has 0 saturated carbocycles. The Morgan fingerprint density at radius 3 is 2.87 bits per heavy atom. The van der Waals surface area contributed by atoms with Gasteiger partial charge in [0.1, 0.15) is 0 Å². The Labute approximate surface area is 91.7 Å². The topological polar surface area (TPSA) is 37.3 Å². The summed E-state index contributed by atoms with van der Waals surface area (Å²) in [7, 11) is 0. The van der Waals surface area contributed by atoms with Crippen LogP contribution < -0.4 is 0 Å². The smallest absolute Gasteiger partial charge is 0.304 e. The second-order valence-corrected chi connectivity index (χ2v) is 3.14. The van der Waals surface area contributed by atoms with Crippen LogP contribution in [0, 0.1) is 11.8 Å². The number of carbonyl (C=O) groups is 1. The molecule has 82 valence electrons. The van der Waals surface area contributed by atoms with Crippen molar-refractivity contribution in [2.45, 2.75) is 39.0 Å². The molecule has 0 saturated heterocycles. The SMILES string of the molecule is CCCC/C=C/C=C\C#CCCC(=O)O. The van der Waals surface area contributed by atoms with E-state index in [0.717, 1.165) is 6.42 Å². The quantitative estimate of drug-likeness (QED) is 0.412. The Bertz CT molecular complexity index is 277. The van der Waals surface area contributed by atoms with Crippen molar-refractivity contribution in [1.82, 2.24) is 0 Å². The summed E-state index contributed by atoms with van der Waals surface area (Å²) in [6.45, 7) is 2.16. The molecular formula is C13H18O2. The normalized spacial score (nSPS) is 10.5. The third kappa shape index (κ3) is 12.5. The molecule has 0 aromatic heterocycles. The number of hydrogen-bond donors (Lipinski definition) is 1. The van der Waals surface area contributed by atoms with Crippen LogP contribution in [0.4, 0.5) is 0 Å². The minimum atomic E-state index is -0.798. The molecule has 0 spiro atoms. The van der Waals surface area contributed by atoms with Crippen molar-refractivity contribution in [1.29, 1.82) is 0 Å². The molecule has 0 unspecified atom stereocenters. The first-order valence-electron chi connectivity index (χ1n) is 5.29. The summed E-state index contributed by atoms with van der Waals surface area (Å²) in [5.74, 6) is 4.76. The Morgan fingerprint density at radius 1 is 1.40 bits per heavy atom. The van der Waals surface area contributed by atoms with Gasteiger partial charge in [0.25, 0.3) is 0 Å². The predicted octanol–water partition coefficient (Wildman–Crippen LogP) is 3.16. The maximum Gasteiger partial charge on any atom is 0.304 e. The number of carboxylic acid groups (broad SMARTS) is 1. The molecule has 1 N–H and O–H groups in total. The highest BCUT2D eigenvalue weighted by atomic mass is 16.4. The van der Waals surface area contributed by atoms with Crippen LogP contribution >= 0.6 is 0 Å². The fourth-order valence-electron chi connectivity index (χ4n) is 0.901. The molecule has 2 heteroatoms. The summed E-state index contributed by atoms with van der Waals surface area (Å²) >= 11 is 0. The van der Waals surface area contributed by atoms with Crippen LogP contribution in [0.3, 0.4) is 0 Å². The van der Waals surface area contributed by atoms with Crippen LogP contribution in [-0.2, 0) is 4.79 Å². The van der Waals surface area contributed by atoms with E-state index in [4.69, 9.17) is 5.11 Å². The van der Waals surface area contributed by atoms with Gasteiger partial charge in [-0.05, 0) is 12.5 Å². The summed E-state index contributed by atoms with van der Waals surface area (Å²) in [6.07, 6.45) is 11.8. The van der Waals surface area contributed by atoms with Gasteiger partial charge in [0.2, 0.25) is 0 Å². The maximum absolute atomic E-state index is 10.1. The summed E-state index contributed by atoms with van der Waals surface area (Å²) < 4.78 is 0. The first-order valence-corrected chi connectivity index (χ1v) is 5.29. The monoisotopic (exact) mass is 206 g/mol. The van der Waals surface area contributed by atoms with E-state index in [1.807, 2.05) is 12.2 Å². The van der Waals surface area contributed by atoms with Crippen LogP contribution in [0.5, 0.6) is 0 Å². The van der Waals surface area contributed by atoms with Gasteiger partial charge in [0.05, 0.1) is 6.42 Å². The van der Waals surface area contributed by atoms with Crippen LogP contribution in [0.15, 0.2) is 24.3 Å². The van der Waals surface area contributed by atoms with E-state index in [2.05, 4.69) is 24.8 Å². The molecule has 0 aromatic rings. The first kappa shape index (κ1) is 13.5. The predicted molar refractivity (Wildman–Crippen MR) is 62.5 cm³/mol. The largest absolute Gasteiger partial charge is 0.481 e. The van der Waals surface area contributed by atoms with Gasteiger partial charge in [-0.1, -0.05) is 49.8 Å². The molecule has 0 aromatic carbocycles. The van der Waals surface area contributed by atoms with Crippen molar-refractivity contribution in [2.75, 3.05) is 0 Å². The van der Waals surface area contributed by atoms with Gasteiger partial charge in [-0.3, -0.25) is 4.79 Å².